The summed E-state index contributed by atoms with van der Waals surface area (Å²) in [5.74, 6) is -0.120. The van der Waals surface area contributed by atoms with E-state index >= 15 is 0 Å². The minimum absolute atomic E-state index is 0.120. The van der Waals surface area contributed by atoms with Crippen molar-refractivity contribution >= 4 is 5.69 Å². The van der Waals surface area contributed by atoms with Crippen LogP contribution in [-0.2, 0) is 0 Å². The Morgan fingerprint density at radius 2 is 1.65 bits per heavy atom. The van der Waals surface area contributed by atoms with Crippen LogP contribution in [0.25, 0.3) is 0 Å². The molecule has 1 fully saturated rings. The second-order valence-corrected chi connectivity index (χ2v) is 5.42. The Hall–Kier alpha value is -1.13. The van der Waals surface area contributed by atoms with Gasteiger partial charge in [0.05, 0.1) is 5.69 Å². The fraction of sp³-hybridized carbons (Fsp3) is 0.625. The second-order valence-electron chi connectivity index (χ2n) is 5.42. The number of para-hydroxylation sites is 1. The van der Waals surface area contributed by atoms with Gasteiger partial charge < -0.3 is 10.0 Å². The van der Waals surface area contributed by atoms with Gasteiger partial charge in [0.1, 0.15) is 5.82 Å². The lowest BCUT2D eigenvalue weighted by Crippen LogP contribution is -2.46. The first kappa shape index (κ1) is 15.3. The molecule has 0 spiro atoms. The van der Waals surface area contributed by atoms with E-state index in [0.717, 1.165) is 51.3 Å². The summed E-state index contributed by atoms with van der Waals surface area (Å²) in [4.78, 5) is 4.59. The Labute approximate surface area is 121 Å². The summed E-state index contributed by atoms with van der Waals surface area (Å²) in [5.41, 5.74) is 0.732. The van der Waals surface area contributed by atoms with Gasteiger partial charge in [0.25, 0.3) is 0 Å². The van der Waals surface area contributed by atoms with E-state index in [1.165, 1.54) is 18.9 Å². The zero-order valence-corrected chi connectivity index (χ0v) is 12.1. The van der Waals surface area contributed by atoms with Crippen molar-refractivity contribution in [2.45, 2.75) is 25.7 Å². The summed E-state index contributed by atoms with van der Waals surface area (Å²) >= 11 is 0. The van der Waals surface area contributed by atoms with Crippen LogP contribution < -0.4 is 4.90 Å². The molecule has 1 aliphatic rings. The standard InChI is InChI=1S/C16H25FN2O/c17-15-7-3-4-8-16(15)19-12-10-18(11-13-19)9-5-1-2-6-14-20/h3-4,7-8,20H,1-2,5-6,9-14H2. The minimum atomic E-state index is -0.120. The quantitative estimate of drug-likeness (QED) is 0.777. The number of rotatable bonds is 7. The summed E-state index contributed by atoms with van der Waals surface area (Å²) in [6.45, 7) is 5.25. The van der Waals surface area contributed by atoms with Crippen LogP contribution in [0.1, 0.15) is 25.7 Å². The molecule has 0 amide bonds. The normalized spacial score (nSPS) is 16.6. The van der Waals surface area contributed by atoms with Crippen molar-refractivity contribution in [1.82, 2.24) is 4.90 Å². The number of anilines is 1. The van der Waals surface area contributed by atoms with Crippen LogP contribution in [0.5, 0.6) is 0 Å². The third-order valence-corrected chi connectivity index (χ3v) is 3.95. The topological polar surface area (TPSA) is 26.7 Å². The molecule has 0 bridgehead atoms. The third-order valence-electron chi connectivity index (χ3n) is 3.95. The van der Waals surface area contributed by atoms with Crippen molar-refractivity contribution in [3.8, 4) is 0 Å². The first-order valence-corrected chi connectivity index (χ1v) is 7.64. The van der Waals surface area contributed by atoms with Gasteiger partial charge in [-0.05, 0) is 31.5 Å². The molecule has 0 unspecified atom stereocenters. The van der Waals surface area contributed by atoms with Crippen molar-refractivity contribution in [2.24, 2.45) is 0 Å². The number of piperazine rings is 1. The monoisotopic (exact) mass is 280 g/mol. The minimum Gasteiger partial charge on any atom is -0.396 e. The number of hydrogen-bond donors (Lipinski definition) is 1. The van der Waals surface area contributed by atoms with Crippen LogP contribution in [0.15, 0.2) is 24.3 Å². The highest BCUT2D eigenvalue weighted by molar-refractivity contribution is 5.47. The van der Waals surface area contributed by atoms with Gasteiger partial charge in [-0.2, -0.15) is 0 Å². The number of unbranched alkanes of at least 4 members (excludes halogenated alkanes) is 3. The van der Waals surface area contributed by atoms with Crippen molar-refractivity contribution < 1.29 is 9.50 Å². The number of benzene rings is 1. The highest BCUT2D eigenvalue weighted by atomic mass is 19.1. The molecular weight excluding hydrogens is 255 g/mol. The molecule has 0 aromatic heterocycles. The SMILES string of the molecule is OCCCCCCN1CCN(c2ccccc2F)CC1. The maximum absolute atomic E-state index is 13.7. The molecule has 20 heavy (non-hydrogen) atoms. The summed E-state index contributed by atoms with van der Waals surface area (Å²) in [7, 11) is 0. The molecule has 1 aliphatic heterocycles. The van der Waals surface area contributed by atoms with Crippen LogP contribution in [0, 0.1) is 5.82 Å². The Kier molecular flexibility index (Phi) is 6.27. The number of halogens is 1. The molecule has 3 nitrogen and oxygen atoms in total. The maximum Gasteiger partial charge on any atom is 0.146 e. The van der Waals surface area contributed by atoms with Gasteiger partial charge in [0.2, 0.25) is 0 Å². The molecule has 1 aromatic rings. The fourth-order valence-corrected chi connectivity index (χ4v) is 2.72. The van der Waals surface area contributed by atoms with Gasteiger partial charge in [0, 0.05) is 32.8 Å². The van der Waals surface area contributed by atoms with Crippen LogP contribution in [0.4, 0.5) is 10.1 Å². The van der Waals surface area contributed by atoms with Crippen molar-refractivity contribution in [1.29, 1.82) is 0 Å². The van der Waals surface area contributed by atoms with Gasteiger partial charge in [-0.25, -0.2) is 4.39 Å². The lowest BCUT2D eigenvalue weighted by Gasteiger charge is -2.36. The Balaban J connectivity index is 1.69. The van der Waals surface area contributed by atoms with E-state index in [-0.39, 0.29) is 5.82 Å². The molecule has 2 rings (SSSR count). The maximum atomic E-state index is 13.7. The van der Waals surface area contributed by atoms with E-state index in [2.05, 4.69) is 9.80 Å². The highest BCUT2D eigenvalue weighted by Crippen LogP contribution is 2.20. The summed E-state index contributed by atoms with van der Waals surface area (Å²) < 4.78 is 13.7. The Morgan fingerprint density at radius 1 is 0.950 bits per heavy atom. The predicted molar refractivity (Wildman–Crippen MR) is 80.6 cm³/mol. The second kappa shape index (κ2) is 8.22. The average Bonchev–Trinajstić information content (AvgIpc) is 2.48. The number of aliphatic hydroxyl groups is 1. The van der Waals surface area contributed by atoms with Crippen molar-refractivity contribution in [2.75, 3.05) is 44.2 Å². The third kappa shape index (κ3) is 4.46. The lowest BCUT2D eigenvalue weighted by atomic mass is 10.2. The number of nitrogens with zero attached hydrogens (tertiary/aromatic N) is 2. The average molecular weight is 280 g/mol. The molecule has 4 heteroatoms. The molecule has 0 saturated carbocycles. The van der Waals surface area contributed by atoms with Crippen LogP contribution in [0.3, 0.4) is 0 Å². The summed E-state index contributed by atoms with van der Waals surface area (Å²) in [6.07, 6.45) is 4.42. The molecule has 0 atom stereocenters. The van der Waals surface area contributed by atoms with E-state index in [0.29, 0.717) is 6.61 Å². The largest absolute Gasteiger partial charge is 0.396 e. The molecule has 112 valence electrons. The predicted octanol–water partition coefficient (Wildman–Crippen LogP) is 2.50. The molecule has 1 N–H and O–H groups in total. The molecular formula is C16H25FN2O. The van der Waals surface area contributed by atoms with Gasteiger partial charge in [-0.15, -0.1) is 0 Å². The van der Waals surface area contributed by atoms with E-state index in [4.69, 9.17) is 5.11 Å². The van der Waals surface area contributed by atoms with Gasteiger partial charge in [0.15, 0.2) is 0 Å². The van der Waals surface area contributed by atoms with E-state index in [1.54, 1.807) is 6.07 Å². The zero-order chi connectivity index (χ0) is 14.2. The van der Waals surface area contributed by atoms with Crippen LogP contribution in [0.2, 0.25) is 0 Å². The zero-order valence-electron chi connectivity index (χ0n) is 12.1. The molecule has 1 aromatic carbocycles. The smallest absolute Gasteiger partial charge is 0.146 e. The number of aliphatic hydroxyl groups excluding tert-OH is 1. The molecule has 0 aliphatic carbocycles. The highest BCUT2D eigenvalue weighted by Gasteiger charge is 2.18. The lowest BCUT2D eigenvalue weighted by molar-refractivity contribution is 0.247. The molecule has 0 radical (unpaired) electrons. The van der Waals surface area contributed by atoms with Crippen molar-refractivity contribution in [3.63, 3.8) is 0 Å². The fourth-order valence-electron chi connectivity index (χ4n) is 2.72. The summed E-state index contributed by atoms with van der Waals surface area (Å²) in [5, 5.41) is 8.73. The van der Waals surface area contributed by atoms with Gasteiger partial charge in [-0.3, -0.25) is 4.90 Å². The molecule has 1 heterocycles. The Bertz CT molecular complexity index is 392. The van der Waals surface area contributed by atoms with E-state index in [9.17, 15) is 4.39 Å². The first-order chi connectivity index (χ1) is 9.81. The van der Waals surface area contributed by atoms with Crippen LogP contribution in [-0.4, -0.2) is 49.3 Å². The van der Waals surface area contributed by atoms with Crippen molar-refractivity contribution in [3.05, 3.63) is 30.1 Å². The first-order valence-electron chi connectivity index (χ1n) is 7.64. The Morgan fingerprint density at radius 3 is 2.35 bits per heavy atom. The molecule has 1 saturated heterocycles. The van der Waals surface area contributed by atoms with Crippen LogP contribution >= 0.6 is 0 Å². The van der Waals surface area contributed by atoms with E-state index < -0.39 is 0 Å². The van der Waals surface area contributed by atoms with E-state index in [1.807, 2.05) is 12.1 Å². The number of hydrogen-bond acceptors (Lipinski definition) is 3. The van der Waals surface area contributed by atoms with Gasteiger partial charge in [-0.1, -0.05) is 25.0 Å². The summed E-state index contributed by atoms with van der Waals surface area (Å²) in [6, 6.07) is 7.02. The van der Waals surface area contributed by atoms with Gasteiger partial charge >= 0.3 is 0 Å².